The van der Waals surface area contributed by atoms with Gasteiger partial charge >= 0.3 is 72.0 Å². The SMILES string of the molecule is C[I-][C@@H]1C2C3C[C@@]4(CC34)C21. The van der Waals surface area contributed by atoms with Crippen molar-refractivity contribution in [1.29, 1.82) is 0 Å². The van der Waals surface area contributed by atoms with Crippen molar-refractivity contribution < 1.29 is 21.2 Å². The van der Waals surface area contributed by atoms with Gasteiger partial charge in [0.25, 0.3) is 0 Å². The van der Waals surface area contributed by atoms with Crippen LogP contribution in [0.5, 0.6) is 0 Å². The second-order valence-corrected chi connectivity index (χ2v) is 7.36. The van der Waals surface area contributed by atoms with Crippen molar-refractivity contribution in [3.63, 3.8) is 0 Å². The minimum absolute atomic E-state index is 0.621. The second kappa shape index (κ2) is 1.21. The van der Waals surface area contributed by atoms with Crippen LogP contribution in [0.15, 0.2) is 0 Å². The van der Waals surface area contributed by atoms with E-state index in [1.807, 2.05) is 0 Å². The van der Waals surface area contributed by atoms with Gasteiger partial charge in [0, 0.05) is 0 Å². The van der Waals surface area contributed by atoms with Gasteiger partial charge in [-0.05, 0) is 0 Å². The van der Waals surface area contributed by atoms with Crippen molar-refractivity contribution in [3.05, 3.63) is 0 Å². The van der Waals surface area contributed by atoms with Gasteiger partial charge < -0.3 is 0 Å². The molecule has 4 unspecified atom stereocenters. The van der Waals surface area contributed by atoms with Crippen LogP contribution < -0.4 is 21.2 Å². The van der Waals surface area contributed by atoms with E-state index in [4.69, 9.17) is 0 Å². The average molecular weight is 247 g/mol. The fourth-order valence-corrected chi connectivity index (χ4v) is 7.83. The molecular weight excluding hydrogens is 235 g/mol. The Labute approximate surface area is 72.0 Å². The van der Waals surface area contributed by atoms with Crippen LogP contribution in [0.1, 0.15) is 12.8 Å². The standard InChI is InChI=1S/C9H12I/c1-10-8-6-4-2-9(7(6)8)3-5(4)9/h4-8H,2-3H2,1H3/q-1/t4?,5?,6?,7?,8-,9+/m1/s1. The van der Waals surface area contributed by atoms with Crippen LogP contribution in [0.3, 0.4) is 0 Å². The first-order chi connectivity index (χ1) is 4.88. The predicted molar refractivity (Wildman–Crippen MR) is 35.3 cm³/mol. The van der Waals surface area contributed by atoms with E-state index in [0.717, 1.165) is 5.41 Å². The van der Waals surface area contributed by atoms with Gasteiger partial charge in [-0.15, -0.1) is 0 Å². The zero-order valence-corrected chi connectivity index (χ0v) is 8.34. The summed E-state index contributed by atoms with van der Waals surface area (Å²) in [6.07, 6.45) is 3.34. The van der Waals surface area contributed by atoms with E-state index in [9.17, 15) is 0 Å². The molecule has 10 heavy (non-hydrogen) atoms. The van der Waals surface area contributed by atoms with Crippen LogP contribution in [0, 0.1) is 29.1 Å². The van der Waals surface area contributed by atoms with Crippen LogP contribution in [0.4, 0.5) is 0 Å². The summed E-state index contributed by atoms with van der Waals surface area (Å²) in [7, 11) is 0. The van der Waals surface area contributed by atoms with Gasteiger partial charge in [-0.3, -0.25) is 0 Å². The van der Waals surface area contributed by atoms with E-state index in [-0.39, 0.29) is 0 Å². The molecule has 0 heterocycles. The Morgan fingerprint density at radius 1 is 1.40 bits per heavy atom. The first-order valence-corrected chi connectivity index (χ1v) is 7.77. The first kappa shape index (κ1) is 5.39. The Morgan fingerprint density at radius 3 is 2.80 bits per heavy atom. The molecule has 4 saturated carbocycles. The van der Waals surface area contributed by atoms with Crippen molar-refractivity contribution >= 4 is 0 Å². The van der Waals surface area contributed by atoms with E-state index >= 15 is 0 Å². The summed E-state index contributed by atoms with van der Waals surface area (Å²) < 4.78 is 1.32. The molecule has 0 amide bonds. The molecule has 0 spiro atoms. The fraction of sp³-hybridized carbons (Fsp3) is 1.00. The predicted octanol–water partition coefficient (Wildman–Crippen LogP) is -1.64. The summed E-state index contributed by atoms with van der Waals surface area (Å²) in [4.78, 5) is 2.50. The molecule has 4 rings (SSSR count). The third-order valence-electron chi connectivity index (χ3n) is 4.71. The van der Waals surface area contributed by atoms with Gasteiger partial charge in [0.1, 0.15) is 0 Å². The van der Waals surface area contributed by atoms with Crippen molar-refractivity contribution in [2.24, 2.45) is 29.1 Å². The number of hydrogen-bond acceptors (Lipinski definition) is 0. The molecule has 4 fully saturated rings. The maximum absolute atomic E-state index is 2.50. The van der Waals surface area contributed by atoms with E-state index in [0.29, 0.717) is 21.2 Å². The summed E-state index contributed by atoms with van der Waals surface area (Å²) >= 11 is 0.621. The maximum atomic E-state index is 2.50. The zero-order chi connectivity index (χ0) is 6.51. The monoisotopic (exact) mass is 247 g/mol. The molecule has 0 aromatic carbocycles. The van der Waals surface area contributed by atoms with Crippen molar-refractivity contribution in [2.45, 2.75) is 16.8 Å². The molecule has 0 saturated heterocycles. The first-order valence-electron chi connectivity index (χ1n) is 4.36. The van der Waals surface area contributed by atoms with Gasteiger partial charge in [-0.25, -0.2) is 0 Å². The normalized spacial score (nSPS) is 79.9. The number of fused-ring (bicyclic) bond motifs is 2. The Morgan fingerprint density at radius 2 is 2.30 bits per heavy atom. The van der Waals surface area contributed by atoms with Crippen molar-refractivity contribution in [3.8, 4) is 0 Å². The van der Waals surface area contributed by atoms with Crippen molar-refractivity contribution in [1.82, 2.24) is 0 Å². The minimum atomic E-state index is 0.621. The number of halogens is 1. The summed E-state index contributed by atoms with van der Waals surface area (Å²) in [5.74, 6) is 5.17. The van der Waals surface area contributed by atoms with E-state index in [1.165, 1.54) is 27.6 Å². The molecule has 1 heteroatoms. The topological polar surface area (TPSA) is 0 Å². The third-order valence-corrected chi connectivity index (χ3v) is 7.75. The van der Waals surface area contributed by atoms with E-state index in [1.54, 1.807) is 12.8 Å². The van der Waals surface area contributed by atoms with E-state index in [2.05, 4.69) is 4.93 Å². The molecule has 0 N–H and O–H groups in total. The molecular formula is C9H12I-. The van der Waals surface area contributed by atoms with Gasteiger partial charge in [-0.2, -0.15) is 0 Å². The Bertz CT molecular complexity index is 225. The molecule has 4 aliphatic rings. The molecule has 4 aliphatic carbocycles. The summed E-state index contributed by atoms with van der Waals surface area (Å²) in [6, 6.07) is 0. The van der Waals surface area contributed by atoms with Gasteiger partial charge in [0.15, 0.2) is 0 Å². The quantitative estimate of drug-likeness (QED) is 0.385. The van der Waals surface area contributed by atoms with Crippen LogP contribution in [-0.4, -0.2) is 8.86 Å². The second-order valence-electron chi connectivity index (χ2n) is 4.68. The van der Waals surface area contributed by atoms with Crippen LogP contribution in [0.25, 0.3) is 0 Å². The Kier molecular flexibility index (Phi) is 0.653. The Balaban J connectivity index is 1.77. The van der Waals surface area contributed by atoms with Gasteiger partial charge in [0.2, 0.25) is 0 Å². The molecule has 6 atom stereocenters. The Hall–Kier alpha value is 0.730. The number of alkyl halides is 2. The molecule has 0 aliphatic heterocycles. The zero-order valence-electron chi connectivity index (χ0n) is 6.18. The third kappa shape index (κ3) is 0.314. The fourth-order valence-electron chi connectivity index (χ4n) is 4.29. The number of rotatable bonds is 1. The summed E-state index contributed by atoms with van der Waals surface area (Å²) in [5.41, 5.74) is 1.04. The van der Waals surface area contributed by atoms with Crippen molar-refractivity contribution in [2.75, 3.05) is 4.93 Å². The molecule has 0 radical (unpaired) electrons. The molecule has 56 valence electrons. The van der Waals surface area contributed by atoms with Crippen LogP contribution >= 0.6 is 0 Å². The molecule has 0 aromatic heterocycles. The average Bonchev–Trinajstić information content (AvgIpc) is 2.70. The van der Waals surface area contributed by atoms with Crippen LogP contribution in [-0.2, 0) is 0 Å². The molecule has 0 nitrogen and oxygen atoms in total. The summed E-state index contributed by atoms with van der Waals surface area (Å²) in [6.45, 7) is 0. The van der Waals surface area contributed by atoms with Gasteiger partial charge in [0.05, 0.1) is 0 Å². The molecule has 0 aromatic rings. The summed E-state index contributed by atoms with van der Waals surface area (Å²) in [5, 5.41) is 0. The van der Waals surface area contributed by atoms with E-state index < -0.39 is 0 Å². The van der Waals surface area contributed by atoms with Crippen LogP contribution in [0.2, 0.25) is 0 Å². The number of hydrogen-bond donors (Lipinski definition) is 0. The molecule has 2 bridgehead atoms. The van der Waals surface area contributed by atoms with Gasteiger partial charge in [-0.1, -0.05) is 0 Å².